The van der Waals surface area contributed by atoms with E-state index in [2.05, 4.69) is 15.5 Å². The lowest BCUT2D eigenvalue weighted by molar-refractivity contribution is -0.145. The molecule has 0 aliphatic carbocycles. The summed E-state index contributed by atoms with van der Waals surface area (Å²) in [5, 5.41) is 9.71. The first-order valence-corrected chi connectivity index (χ1v) is 7.77. The Bertz CT molecular complexity index is 725. The fourth-order valence-electron chi connectivity index (χ4n) is 2.78. The van der Waals surface area contributed by atoms with Crippen LogP contribution < -0.4 is 5.32 Å². The molecule has 1 atom stereocenters. The average Bonchev–Trinajstić information content (AvgIpc) is 2.82. The highest BCUT2D eigenvalue weighted by molar-refractivity contribution is 5.86. The number of carbonyl (C=O) groups excluding carboxylic acids is 2. The molecule has 6 nitrogen and oxygen atoms in total. The summed E-state index contributed by atoms with van der Waals surface area (Å²) in [4.78, 5) is 24.6. The van der Waals surface area contributed by atoms with E-state index in [4.69, 9.17) is 4.74 Å². The number of hydrogen-bond acceptors (Lipinski definition) is 4. The van der Waals surface area contributed by atoms with Gasteiger partial charge in [0, 0.05) is 11.3 Å². The van der Waals surface area contributed by atoms with E-state index in [1.807, 2.05) is 45.9 Å². The van der Waals surface area contributed by atoms with E-state index in [0.717, 1.165) is 28.1 Å². The van der Waals surface area contributed by atoms with Crippen LogP contribution in [0.25, 0.3) is 0 Å². The molecule has 128 valence electrons. The molecule has 0 fully saturated rings. The van der Waals surface area contributed by atoms with Crippen molar-refractivity contribution in [3.8, 4) is 0 Å². The fraction of sp³-hybridized carbons (Fsp3) is 0.389. The molecule has 1 unspecified atom stereocenters. The van der Waals surface area contributed by atoms with Crippen LogP contribution in [0.1, 0.15) is 39.7 Å². The smallest absolute Gasteiger partial charge is 0.333 e. The van der Waals surface area contributed by atoms with Crippen molar-refractivity contribution in [1.29, 1.82) is 0 Å². The van der Waals surface area contributed by atoms with E-state index in [-0.39, 0.29) is 12.3 Å². The third-order valence-electron chi connectivity index (χ3n) is 3.94. The molecule has 0 radical (unpaired) electrons. The molecule has 2 rings (SSSR count). The van der Waals surface area contributed by atoms with Gasteiger partial charge >= 0.3 is 5.97 Å². The van der Waals surface area contributed by atoms with Gasteiger partial charge in [-0.2, -0.15) is 5.10 Å². The quantitative estimate of drug-likeness (QED) is 0.824. The molecule has 0 saturated carbocycles. The van der Waals surface area contributed by atoms with Crippen LogP contribution in [0.3, 0.4) is 0 Å². The summed E-state index contributed by atoms with van der Waals surface area (Å²) in [6.07, 6.45) is 0.159. The van der Waals surface area contributed by atoms with Crippen molar-refractivity contribution in [2.24, 2.45) is 0 Å². The summed E-state index contributed by atoms with van der Waals surface area (Å²) in [7, 11) is 1.31. The van der Waals surface area contributed by atoms with Gasteiger partial charge in [-0.25, -0.2) is 4.79 Å². The van der Waals surface area contributed by atoms with E-state index in [1.54, 1.807) is 0 Å². The van der Waals surface area contributed by atoms with Crippen molar-refractivity contribution in [2.45, 2.75) is 40.2 Å². The molecular formula is C18H23N3O3. The van der Waals surface area contributed by atoms with Gasteiger partial charge in [-0.15, -0.1) is 0 Å². The Morgan fingerprint density at radius 2 is 1.79 bits per heavy atom. The molecular weight excluding hydrogens is 306 g/mol. The summed E-state index contributed by atoms with van der Waals surface area (Å²) in [5.41, 5.74) is 5.24. The SMILES string of the molecule is COC(=O)C(NC(=O)Cc1c(C)n[nH]c1C)c1cc(C)cc(C)c1. The Hall–Kier alpha value is -2.63. The van der Waals surface area contributed by atoms with Gasteiger partial charge in [0.25, 0.3) is 0 Å². The van der Waals surface area contributed by atoms with E-state index in [9.17, 15) is 9.59 Å². The van der Waals surface area contributed by atoms with Gasteiger partial charge in [-0.1, -0.05) is 29.3 Å². The predicted molar refractivity (Wildman–Crippen MR) is 90.6 cm³/mol. The van der Waals surface area contributed by atoms with Gasteiger partial charge in [-0.3, -0.25) is 9.89 Å². The number of carbonyl (C=O) groups is 2. The minimum Gasteiger partial charge on any atom is -0.467 e. The lowest BCUT2D eigenvalue weighted by atomic mass is 10.0. The summed E-state index contributed by atoms with van der Waals surface area (Å²) in [5.74, 6) is -0.744. The Morgan fingerprint density at radius 1 is 1.17 bits per heavy atom. The molecule has 6 heteroatoms. The van der Waals surface area contributed by atoms with Crippen molar-refractivity contribution in [3.05, 3.63) is 51.8 Å². The second-order valence-electron chi connectivity index (χ2n) is 6.03. The Morgan fingerprint density at radius 3 is 2.29 bits per heavy atom. The molecule has 1 amide bonds. The molecule has 2 aromatic rings. The first-order valence-electron chi connectivity index (χ1n) is 7.77. The molecule has 2 N–H and O–H groups in total. The van der Waals surface area contributed by atoms with E-state index in [0.29, 0.717) is 5.56 Å². The predicted octanol–water partition coefficient (Wildman–Crippen LogP) is 2.22. The van der Waals surface area contributed by atoms with Gasteiger partial charge in [0.1, 0.15) is 0 Å². The summed E-state index contributed by atoms with van der Waals surface area (Å²) < 4.78 is 4.86. The first kappa shape index (κ1) is 17.7. The monoisotopic (exact) mass is 329 g/mol. The largest absolute Gasteiger partial charge is 0.467 e. The number of H-pyrrole nitrogens is 1. The minimum atomic E-state index is -0.825. The number of ether oxygens (including phenoxy) is 1. The number of hydrogen-bond donors (Lipinski definition) is 2. The number of rotatable bonds is 5. The maximum absolute atomic E-state index is 12.4. The number of nitrogens with zero attached hydrogens (tertiary/aromatic N) is 1. The third-order valence-corrected chi connectivity index (χ3v) is 3.94. The van der Waals surface area contributed by atoms with E-state index >= 15 is 0 Å². The zero-order valence-electron chi connectivity index (χ0n) is 14.7. The molecule has 1 heterocycles. The van der Waals surface area contributed by atoms with E-state index < -0.39 is 12.0 Å². The van der Waals surface area contributed by atoms with Crippen molar-refractivity contribution >= 4 is 11.9 Å². The highest BCUT2D eigenvalue weighted by Gasteiger charge is 2.24. The van der Waals surface area contributed by atoms with Gasteiger partial charge in [0.2, 0.25) is 5.91 Å². The van der Waals surface area contributed by atoms with Crippen LogP contribution in [0, 0.1) is 27.7 Å². The zero-order chi connectivity index (χ0) is 17.9. The maximum Gasteiger partial charge on any atom is 0.333 e. The number of methoxy groups -OCH3 is 1. The van der Waals surface area contributed by atoms with Crippen LogP contribution in [0.5, 0.6) is 0 Å². The van der Waals surface area contributed by atoms with Crippen molar-refractivity contribution in [2.75, 3.05) is 7.11 Å². The van der Waals surface area contributed by atoms with Gasteiger partial charge in [0.15, 0.2) is 6.04 Å². The minimum absolute atomic E-state index is 0.159. The number of aromatic amines is 1. The number of aryl methyl sites for hydroxylation is 4. The summed E-state index contributed by atoms with van der Waals surface area (Å²) in [6, 6.07) is 4.94. The molecule has 0 bridgehead atoms. The second kappa shape index (κ2) is 7.29. The number of aromatic nitrogens is 2. The maximum atomic E-state index is 12.4. The molecule has 0 aliphatic rings. The third kappa shape index (κ3) is 4.01. The number of amides is 1. The molecule has 24 heavy (non-hydrogen) atoms. The lowest BCUT2D eigenvalue weighted by Crippen LogP contribution is -2.35. The second-order valence-corrected chi connectivity index (χ2v) is 6.03. The van der Waals surface area contributed by atoms with E-state index in [1.165, 1.54) is 7.11 Å². The van der Waals surface area contributed by atoms with Crippen molar-refractivity contribution in [3.63, 3.8) is 0 Å². The van der Waals surface area contributed by atoms with Crippen LogP contribution in [0.15, 0.2) is 18.2 Å². The first-order chi connectivity index (χ1) is 11.3. The van der Waals surface area contributed by atoms with Gasteiger partial charge < -0.3 is 10.1 Å². The van der Waals surface area contributed by atoms with Crippen LogP contribution >= 0.6 is 0 Å². The Kier molecular flexibility index (Phi) is 5.39. The standard InChI is InChI=1S/C18H23N3O3/c1-10-6-11(2)8-14(7-10)17(18(23)24-5)19-16(22)9-15-12(3)20-21-13(15)4/h6-8,17H,9H2,1-5H3,(H,19,22)(H,20,21). The lowest BCUT2D eigenvalue weighted by Gasteiger charge is -2.18. The highest BCUT2D eigenvalue weighted by Crippen LogP contribution is 2.19. The Labute approximate surface area is 141 Å². The van der Waals surface area contributed by atoms with Gasteiger partial charge in [0.05, 0.1) is 19.2 Å². The molecule has 0 spiro atoms. The van der Waals surface area contributed by atoms with Crippen molar-refractivity contribution in [1.82, 2.24) is 15.5 Å². The topological polar surface area (TPSA) is 84.1 Å². The number of esters is 1. The molecule has 1 aromatic carbocycles. The van der Waals surface area contributed by atoms with Crippen LogP contribution in [0.4, 0.5) is 0 Å². The van der Waals surface area contributed by atoms with Crippen LogP contribution in [-0.4, -0.2) is 29.2 Å². The summed E-state index contributed by atoms with van der Waals surface area (Å²) >= 11 is 0. The van der Waals surface area contributed by atoms with Crippen molar-refractivity contribution < 1.29 is 14.3 Å². The van der Waals surface area contributed by atoms with Crippen LogP contribution in [-0.2, 0) is 20.7 Å². The number of benzene rings is 1. The Balaban J connectivity index is 2.23. The zero-order valence-corrected chi connectivity index (χ0v) is 14.7. The number of nitrogens with one attached hydrogen (secondary N) is 2. The van der Waals surface area contributed by atoms with Crippen LogP contribution in [0.2, 0.25) is 0 Å². The molecule has 0 saturated heterocycles. The molecule has 1 aromatic heterocycles. The normalized spacial score (nSPS) is 11.9. The van der Waals surface area contributed by atoms with Gasteiger partial charge in [-0.05, 0) is 33.3 Å². The highest BCUT2D eigenvalue weighted by atomic mass is 16.5. The average molecular weight is 329 g/mol. The summed E-state index contributed by atoms with van der Waals surface area (Å²) in [6.45, 7) is 7.61. The molecule has 0 aliphatic heterocycles. The fourth-order valence-corrected chi connectivity index (χ4v) is 2.78.